The van der Waals surface area contributed by atoms with Crippen LogP contribution in [0, 0.1) is 11.5 Å². The predicted octanol–water partition coefficient (Wildman–Crippen LogP) is 2.38. The third kappa shape index (κ3) is 9.35. The lowest BCUT2D eigenvalue weighted by Gasteiger charge is -2.43. The molecular formula is C25H32O10Si. The molecule has 2 rings (SSSR count). The van der Waals surface area contributed by atoms with E-state index in [0.29, 0.717) is 5.75 Å². The van der Waals surface area contributed by atoms with E-state index in [9.17, 15) is 19.2 Å². The van der Waals surface area contributed by atoms with Gasteiger partial charge in [0.2, 0.25) is 12.4 Å². The SMILES string of the molecule is CC(=O)OC[C@H]1O[C@@H](Oc2ccc(C#C[Si](C)(C)C)cc2)[C@H](OC(C)=O)[C@@H](OC(C)=O)[C@@H]1OC(C)=O. The van der Waals surface area contributed by atoms with Crippen LogP contribution in [0.2, 0.25) is 19.6 Å². The Bertz CT molecular complexity index is 1020. The van der Waals surface area contributed by atoms with Crippen LogP contribution in [0.5, 0.6) is 5.75 Å². The minimum Gasteiger partial charge on any atom is -0.463 e. The fourth-order valence-electron chi connectivity index (χ4n) is 3.29. The first kappa shape index (κ1) is 28.9. The van der Waals surface area contributed by atoms with Crippen molar-refractivity contribution in [2.75, 3.05) is 6.61 Å². The molecule has 36 heavy (non-hydrogen) atoms. The number of rotatable bonds is 7. The van der Waals surface area contributed by atoms with Crippen molar-refractivity contribution in [2.24, 2.45) is 0 Å². The molecule has 0 aromatic heterocycles. The number of carbonyl (C=O) groups excluding carboxylic acids is 4. The zero-order valence-electron chi connectivity index (χ0n) is 21.5. The fourth-order valence-corrected chi connectivity index (χ4v) is 3.81. The monoisotopic (exact) mass is 520 g/mol. The van der Waals surface area contributed by atoms with Crippen molar-refractivity contribution < 1.29 is 47.6 Å². The highest BCUT2D eigenvalue weighted by Gasteiger charge is 2.53. The molecule has 0 spiro atoms. The first-order valence-corrected chi connectivity index (χ1v) is 14.9. The van der Waals surface area contributed by atoms with Crippen LogP contribution in [-0.4, -0.2) is 69.3 Å². The molecule has 1 aromatic carbocycles. The maximum Gasteiger partial charge on any atom is 0.303 e. The molecule has 11 heteroatoms. The summed E-state index contributed by atoms with van der Waals surface area (Å²) in [5, 5.41) is 0. The summed E-state index contributed by atoms with van der Waals surface area (Å²) < 4.78 is 33.1. The molecule has 0 unspecified atom stereocenters. The zero-order valence-corrected chi connectivity index (χ0v) is 22.5. The maximum atomic E-state index is 11.9. The van der Waals surface area contributed by atoms with Gasteiger partial charge in [0.05, 0.1) is 0 Å². The lowest BCUT2D eigenvalue weighted by molar-refractivity contribution is -0.288. The summed E-state index contributed by atoms with van der Waals surface area (Å²) in [6.45, 7) is 10.8. The molecule has 0 N–H and O–H groups in total. The highest BCUT2D eigenvalue weighted by atomic mass is 28.3. The Morgan fingerprint density at radius 2 is 1.33 bits per heavy atom. The minimum absolute atomic E-state index is 0.330. The van der Waals surface area contributed by atoms with Gasteiger partial charge in [-0.15, -0.1) is 5.54 Å². The predicted molar refractivity (Wildman–Crippen MR) is 129 cm³/mol. The van der Waals surface area contributed by atoms with E-state index in [1.807, 2.05) is 0 Å². The Labute approximate surface area is 211 Å². The third-order valence-electron chi connectivity index (χ3n) is 4.64. The normalized spacial score (nSPS) is 23.4. The Balaban J connectivity index is 2.40. The maximum absolute atomic E-state index is 11.9. The zero-order chi connectivity index (χ0) is 27.0. The molecule has 1 aliphatic rings. The Hall–Kier alpha value is -3.36. The summed E-state index contributed by atoms with van der Waals surface area (Å²) in [4.78, 5) is 47.0. The van der Waals surface area contributed by atoms with Crippen LogP contribution >= 0.6 is 0 Å². The van der Waals surface area contributed by atoms with E-state index < -0.39 is 62.7 Å². The molecule has 1 heterocycles. The molecule has 0 amide bonds. The highest BCUT2D eigenvalue weighted by Crippen LogP contribution is 2.31. The topological polar surface area (TPSA) is 124 Å². The number of hydrogen-bond donors (Lipinski definition) is 0. The van der Waals surface area contributed by atoms with Crippen LogP contribution in [0.15, 0.2) is 24.3 Å². The van der Waals surface area contributed by atoms with Crippen molar-refractivity contribution in [1.29, 1.82) is 0 Å². The molecule has 196 valence electrons. The standard InChI is InChI=1S/C25H32O10Si/c1-15(26)30-14-21-22(31-16(2)27)23(32-17(3)28)24(33-18(4)29)25(35-21)34-20-10-8-19(9-11-20)12-13-36(5,6)7/h8-11,21-25H,14H2,1-7H3/t21-,22-,23+,24-,25-/m1/s1. The van der Waals surface area contributed by atoms with E-state index in [1.165, 1.54) is 13.8 Å². The van der Waals surface area contributed by atoms with Crippen molar-refractivity contribution in [3.05, 3.63) is 29.8 Å². The molecule has 1 saturated heterocycles. The Kier molecular flexibility index (Phi) is 10.1. The van der Waals surface area contributed by atoms with E-state index in [0.717, 1.165) is 19.4 Å². The Morgan fingerprint density at radius 3 is 1.83 bits per heavy atom. The first-order chi connectivity index (χ1) is 16.7. The number of benzene rings is 1. The molecular weight excluding hydrogens is 488 g/mol. The highest BCUT2D eigenvalue weighted by molar-refractivity contribution is 6.83. The van der Waals surface area contributed by atoms with E-state index >= 15 is 0 Å². The lowest BCUT2D eigenvalue weighted by atomic mass is 9.98. The second kappa shape index (κ2) is 12.6. The largest absolute Gasteiger partial charge is 0.463 e. The van der Waals surface area contributed by atoms with Gasteiger partial charge in [-0.3, -0.25) is 19.2 Å². The van der Waals surface area contributed by atoms with Crippen molar-refractivity contribution in [2.45, 2.75) is 78.0 Å². The second-order valence-corrected chi connectivity index (χ2v) is 14.0. The van der Waals surface area contributed by atoms with Crippen molar-refractivity contribution >= 4 is 32.0 Å². The molecule has 0 saturated carbocycles. The number of ether oxygens (including phenoxy) is 6. The first-order valence-electron chi connectivity index (χ1n) is 11.4. The van der Waals surface area contributed by atoms with Crippen molar-refractivity contribution in [1.82, 2.24) is 0 Å². The summed E-state index contributed by atoms with van der Waals surface area (Å²) in [6.07, 6.45) is -6.20. The van der Waals surface area contributed by atoms with Crippen LogP contribution in [0.1, 0.15) is 33.3 Å². The average Bonchev–Trinajstić information content (AvgIpc) is 2.74. The number of carbonyl (C=O) groups is 4. The molecule has 10 nitrogen and oxygen atoms in total. The fraction of sp³-hybridized carbons (Fsp3) is 0.520. The van der Waals surface area contributed by atoms with Gasteiger partial charge in [0.15, 0.2) is 12.2 Å². The minimum atomic E-state index is -1.55. The second-order valence-electron chi connectivity index (χ2n) is 9.21. The molecule has 5 atom stereocenters. The molecule has 0 aliphatic carbocycles. The summed E-state index contributed by atoms with van der Waals surface area (Å²) in [6, 6.07) is 6.88. The number of hydrogen-bond acceptors (Lipinski definition) is 10. The van der Waals surface area contributed by atoms with E-state index in [-0.39, 0.29) is 6.61 Å². The van der Waals surface area contributed by atoms with Crippen LogP contribution in [0.4, 0.5) is 0 Å². The van der Waals surface area contributed by atoms with E-state index in [1.54, 1.807) is 24.3 Å². The third-order valence-corrected chi connectivity index (χ3v) is 5.51. The van der Waals surface area contributed by atoms with Gasteiger partial charge in [-0.05, 0) is 24.3 Å². The molecule has 0 radical (unpaired) electrons. The average molecular weight is 521 g/mol. The molecule has 1 aliphatic heterocycles. The lowest BCUT2D eigenvalue weighted by Crippen LogP contribution is -2.63. The van der Waals surface area contributed by atoms with Gasteiger partial charge >= 0.3 is 23.9 Å². The van der Waals surface area contributed by atoms with Gasteiger partial charge in [-0.2, -0.15) is 0 Å². The van der Waals surface area contributed by atoms with Crippen LogP contribution in [0.25, 0.3) is 0 Å². The summed E-state index contributed by atoms with van der Waals surface area (Å²) in [5.41, 5.74) is 4.07. The summed E-state index contributed by atoms with van der Waals surface area (Å²) in [5.74, 6) is 0.773. The van der Waals surface area contributed by atoms with Gasteiger partial charge in [0.1, 0.15) is 26.5 Å². The van der Waals surface area contributed by atoms with Gasteiger partial charge in [0.25, 0.3) is 0 Å². The Morgan fingerprint density at radius 1 is 0.806 bits per heavy atom. The molecule has 1 fully saturated rings. The smallest absolute Gasteiger partial charge is 0.303 e. The summed E-state index contributed by atoms with van der Waals surface area (Å²) in [7, 11) is -1.55. The molecule has 1 aromatic rings. The van der Waals surface area contributed by atoms with E-state index in [2.05, 4.69) is 31.1 Å². The van der Waals surface area contributed by atoms with Gasteiger partial charge in [-0.25, -0.2) is 0 Å². The van der Waals surface area contributed by atoms with Crippen molar-refractivity contribution in [3.63, 3.8) is 0 Å². The number of esters is 4. The van der Waals surface area contributed by atoms with Gasteiger partial charge in [-0.1, -0.05) is 25.6 Å². The van der Waals surface area contributed by atoms with Gasteiger partial charge < -0.3 is 28.4 Å². The van der Waals surface area contributed by atoms with Crippen LogP contribution in [0.3, 0.4) is 0 Å². The van der Waals surface area contributed by atoms with Crippen molar-refractivity contribution in [3.8, 4) is 17.2 Å². The van der Waals surface area contributed by atoms with E-state index in [4.69, 9.17) is 28.4 Å². The van der Waals surface area contributed by atoms with Gasteiger partial charge in [0, 0.05) is 33.3 Å². The van der Waals surface area contributed by atoms with Crippen LogP contribution in [-0.2, 0) is 42.9 Å². The summed E-state index contributed by atoms with van der Waals surface area (Å²) >= 11 is 0. The molecule has 0 bridgehead atoms. The quantitative estimate of drug-likeness (QED) is 0.229. The van der Waals surface area contributed by atoms with Crippen LogP contribution < -0.4 is 4.74 Å².